The third-order valence-corrected chi connectivity index (χ3v) is 2.60. The molecule has 0 amide bonds. The van der Waals surface area contributed by atoms with Crippen molar-refractivity contribution in [2.24, 2.45) is 17.8 Å². The number of ether oxygens (including phenoxy) is 1. The molecule has 12 heavy (non-hydrogen) atoms. The van der Waals surface area contributed by atoms with Crippen LogP contribution >= 0.6 is 0 Å². The van der Waals surface area contributed by atoms with E-state index in [0.29, 0.717) is 5.92 Å². The molecule has 1 nitrogen and oxygen atoms in total. The van der Waals surface area contributed by atoms with Gasteiger partial charge in [-0.3, -0.25) is 0 Å². The van der Waals surface area contributed by atoms with E-state index in [2.05, 4.69) is 33.8 Å². The minimum absolute atomic E-state index is 0.554. The maximum absolute atomic E-state index is 5.67. The lowest BCUT2D eigenvalue weighted by atomic mass is 9.91. The molecule has 70 valence electrons. The second-order valence-electron chi connectivity index (χ2n) is 4.31. The quantitative estimate of drug-likeness (QED) is 0.615. The van der Waals surface area contributed by atoms with E-state index in [1.54, 1.807) is 0 Å². The summed E-state index contributed by atoms with van der Waals surface area (Å²) in [4.78, 5) is 0. The molecule has 0 saturated carbocycles. The van der Waals surface area contributed by atoms with Crippen LogP contribution in [0.1, 0.15) is 34.1 Å². The van der Waals surface area contributed by atoms with Crippen molar-refractivity contribution in [1.82, 2.24) is 0 Å². The molecule has 0 saturated heterocycles. The van der Waals surface area contributed by atoms with E-state index in [4.69, 9.17) is 4.74 Å². The highest BCUT2D eigenvalue weighted by atomic mass is 16.5. The zero-order valence-corrected chi connectivity index (χ0v) is 8.63. The van der Waals surface area contributed by atoms with E-state index in [1.165, 1.54) is 12.2 Å². The molecule has 0 bridgehead atoms. The van der Waals surface area contributed by atoms with Gasteiger partial charge in [0.25, 0.3) is 0 Å². The fourth-order valence-electron chi connectivity index (χ4n) is 1.46. The Morgan fingerprint density at radius 1 is 1.33 bits per heavy atom. The van der Waals surface area contributed by atoms with Crippen molar-refractivity contribution < 1.29 is 4.74 Å². The zero-order valence-electron chi connectivity index (χ0n) is 8.63. The Kier molecular flexibility index (Phi) is 3.19. The van der Waals surface area contributed by atoms with Gasteiger partial charge < -0.3 is 4.74 Å². The van der Waals surface area contributed by atoms with Gasteiger partial charge in [-0.25, -0.2) is 0 Å². The van der Waals surface area contributed by atoms with Gasteiger partial charge in [-0.15, -0.1) is 0 Å². The van der Waals surface area contributed by atoms with E-state index >= 15 is 0 Å². The molecule has 1 heterocycles. The Labute approximate surface area is 75.8 Å². The average molecular weight is 168 g/mol. The Morgan fingerprint density at radius 3 is 2.33 bits per heavy atom. The Hall–Kier alpha value is -0.460. The molecule has 1 unspecified atom stereocenters. The van der Waals surface area contributed by atoms with Gasteiger partial charge >= 0.3 is 0 Å². The van der Waals surface area contributed by atoms with E-state index < -0.39 is 0 Å². The summed E-state index contributed by atoms with van der Waals surface area (Å²) in [7, 11) is 0. The third-order valence-electron chi connectivity index (χ3n) is 2.60. The smallest absolute Gasteiger partial charge is 0.0945 e. The molecule has 0 aliphatic carbocycles. The second kappa shape index (κ2) is 3.97. The van der Waals surface area contributed by atoms with Gasteiger partial charge in [-0.05, 0) is 24.3 Å². The standard InChI is InChI=1S/C11H20O/c1-8(2)10-5-6-11(9(3)4)12-7-10/h6,8-10H,5,7H2,1-4H3. The van der Waals surface area contributed by atoms with Crippen LogP contribution in [0.4, 0.5) is 0 Å². The second-order valence-corrected chi connectivity index (χ2v) is 4.31. The maximum Gasteiger partial charge on any atom is 0.0945 e. The molecule has 1 heteroatoms. The van der Waals surface area contributed by atoms with Crippen LogP contribution in [0.5, 0.6) is 0 Å². The van der Waals surface area contributed by atoms with Crippen LogP contribution < -0.4 is 0 Å². The first-order valence-electron chi connectivity index (χ1n) is 4.94. The van der Waals surface area contributed by atoms with Crippen molar-refractivity contribution in [1.29, 1.82) is 0 Å². The number of rotatable bonds is 2. The highest BCUT2D eigenvalue weighted by Gasteiger charge is 2.19. The maximum atomic E-state index is 5.67. The fraction of sp³-hybridized carbons (Fsp3) is 0.818. The van der Waals surface area contributed by atoms with Crippen molar-refractivity contribution in [3.05, 3.63) is 11.8 Å². The highest BCUT2D eigenvalue weighted by molar-refractivity contribution is 5.00. The first kappa shape index (κ1) is 9.63. The largest absolute Gasteiger partial charge is 0.498 e. The topological polar surface area (TPSA) is 9.23 Å². The summed E-state index contributed by atoms with van der Waals surface area (Å²) >= 11 is 0. The van der Waals surface area contributed by atoms with E-state index in [0.717, 1.165) is 18.4 Å². The lowest BCUT2D eigenvalue weighted by molar-refractivity contribution is 0.105. The molecule has 0 aromatic carbocycles. The summed E-state index contributed by atoms with van der Waals surface area (Å²) in [5, 5.41) is 0. The molecule has 0 aromatic heterocycles. The SMILES string of the molecule is CC(C)C1=CCC(C(C)C)CO1. The van der Waals surface area contributed by atoms with Crippen LogP contribution in [0.25, 0.3) is 0 Å². The van der Waals surface area contributed by atoms with E-state index in [-0.39, 0.29) is 0 Å². The van der Waals surface area contributed by atoms with Crippen LogP contribution in [0.15, 0.2) is 11.8 Å². The lowest BCUT2D eigenvalue weighted by Crippen LogP contribution is -2.20. The van der Waals surface area contributed by atoms with Gasteiger partial charge in [0.15, 0.2) is 0 Å². The molecule has 0 fully saturated rings. The number of allylic oxidation sites excluding steroid dienone is 2. The lowest BCUT2D eigenvalue weighted by Gasteiger charge is -2.27. The number of hydrogen-bond donors (Lipinski definition) is 0. The predicted molar refractivity (Wildman–Crippen MR) is 51.8 cm³/mol. The van der Waals surface area contributed by atoms with Crippen LogP contribution in [0.3, 0.4) is 0 Å². The summed E-state index contributed by atoms with van der Waals surface area (Å²) in [6.07, 6.45) is 3.46. The molecule has 1 aliphatic rings. The summed E-state index contributed by atoms with van der Waals surface area (Å²) in [6, 6.07) is 0. The fourth-order valence-corrected chi connectivity index (χ4v) is 1.46. The molecule has 0 aromatic rings. The van der Waals surface area contributed by atoms with Crippen LogP contribution in [-0.2, 0) is 4.74 Å². The summed E-state index contributed by atoms with van der Waals surface area (Å²) < 4.78 is 5.67. The van der Waals surface area contributed by atoms with Gasteiger partial charge in [-0.1, -0.05) is 27.7 Å². The van der Waals surface area contributed by atoms with Crippen molar-refractivity contribution in [2.45, 2.75) is 34.1 Å². The molecular formula is C11H20O. The Morgan fingerprint density at radius 2 is 2.00 bits per heavy atom. The predicted octanol–water partition coefficient (Wildman–Crippen LogP) is 3.22. The van der Waals surface area contributed by atoms with Crippen LogP contribution in [0.2, 0.25) is 0 Å². The van der Waals surface area contributed by atoms with Crippen molar-refractivity contribution >= 4 is 0 Å². The Balaban J connectivity index is 2.47. The molecule has 0 spiro atoms. The highest BCUT2D eigenvalue weighted by Crippen LogP contribution is 2.25. The van der Waals surface area contributed by atoms with E-state index in [9.17, 15) is 0 Å². The van der Waals surface area contributed by atoms with Crippen LogP contribution in [-0.4, -0.2) is 6.61 Å². The minimum atomic E-state index is 0.554. The zero-order chi connectivity index (χ0) is 9.14. The van der Waals surface area contributed by atoms with Gasteiger partial charge in [0.05, 0.1) is 12.4 Å². The van der Waals surface area contributed by atoms with Gasteiger partial charge in [0.1, 0.15) is 0 Å². The minimum Gasteiger partial charge on any atom is -0.498 e. The summed E-state index contributed by atoms with van der Waals surface area (Å²) in [5.74, 6) is 3.22. The van der Waals surface area contributed by atoms with Gasteiger partial charge in [0, 0.05) is 5.92 Å². The van der Waals surface area contributed by atoms with Crippen LogP contribution in [0, 0.1) is 17.8 Å². The molecular weight excluding hydrogens is 148 g/mol. The average Bonchev–Trinajstić information content (AvgIpc) is 2.04. The molecule has 1 aliphatic heterocycles. The van der Waals surface area contributed by atoms with Gasteiger partial charge in [-0.2, -0.15) is 0 Å². The normalized spacial score (nSPS) is 24.2. The van der Waals surface area contributed by atoms with Gasteiger partial charge in [0.2, 0.25) is 0 Å². The Bertz CT molecular complexity index is 168. The first-order chi connectivity index (χ1) is 5.61. The first-order valence-corrected chi connectivity index (χ1v) is 4.94. The van der Waals surface area contributed by atoms with E-state index in [1.807, 2.05) is 0 Å². The molecule has 1 rings (SSSR count). The molecule has 1 atom stereocenters. The van der Waals surface area contributed by atoms with Crippen molar-refractivity contribution in [3.8, 4) is 0 Å². The number of hydrogen-bond acceptors (Lipinski definition) is 1. The summed E-state index contributed by atoms with van der Waals surface area (Å²) in [5.41, 5.74) is 0. The third kappa shape index (κ3) is 2.26. The molecule has 0 N–H and O–H groups in total. The van der Waals surface area contributed by atoms with Crippen molar-refractivity contribution in [3.63, 3.8) is 0 Å². The monoisotopic (exact) mass is 168 g/mol. The van der Waals surface area contributed by atoms with Crippen molar-refractivity contribution in [2.75, 3.05) is 6.61 Å². The summed E-state index contributed by atoms with van der Waals surface area (Å²) in [6.45, 7) is 9.81. The molecule has 0 radical (unpaired) electrons.